The second kappa shape index (κ2) is 3.52. The number of halogens is 4. The van der Waals surface area contributed by atoms with E-state index >= 15 is 0 Å². The summed E-state index contributed by atoms with van der Waals surface area (Å²) >= 11 is 0. The quantitative estimate of drug-likeness (QED) is 0.560. The number of hydrogen-bond acceptors (Lipinski definition) is 0. The molecule has 13 heavy (non-hydrogen) atoms. The minimum Gasteiger partial charge on any atom is -0.242 e. The van der Waals surface area contributed by atoms with Crippen molar-refractivity contribution in [3.8, 4) is 0 Å². The van der Waals surface area contributed by atoms with E-state index in [2.05, 4.69) is 0 Å². The summed E-state index contributed by atoms with van der Waals surface area (Å²) in [5, 5.41) is 0. The molecule has 0 fully saturated rings. The van der Waals surface area contributed by atoms with E-state index in [1.54, 1.807) is 6.92 Å². The van der Waals surface area contributed by atoms with E-state index in [1.807, 2.05) is 0 Å². The third-order valence-electron chi connectivity index (χ3n) is 2.00. The summed E-state index contributed by atoms with van der Waals surface area (Å²) in [5.74, 6) is 0. The Hall–Kier alpha value is -0.800. The van der Waals surface area contributed by atoms with Gasteiger partial charge in [-0.1, -0.05) is 18.6 Å². The Labute approximate surface area is 73.9 Å². The van der Waals surface area contributed by atoms with Gasteiger partial charge < -0.3 is 0 Å². The van der Waals surface area contributed by atoms with Crippen molar-refractivity contribution in [2.24, 2.45) is 0 Å². The van der Waals surface area contributed by atoms with Crippen LogP contribution < -0.4 is 0 Å². The van der Waals surface area contributed by atoms with E-state index < -0.39 is 17.9 Å². The summed E-state index contributed by atoms with van der Waals surface area (Å²) in [7, 11) is 0. The summed E-state index contributed by atoms with van der Waals surface area (Å²) in [6.07, 6.45) is -3.65. The van der Waals surface area contributed by atoms with E-state index in [-0.39, 0.29) is 6.42 Å². The molecular weight excluding hydrogens is 184 g/mol. The highest BCUT2D eigenvalue weighted by Gasteiger charge is 2.39. The molecule has 0 aromatic rings. The Bertz CT molecular complexity index is 247. The minimum atomic E-state index is -4.53. The SMILES string of the molecule is CCC1=CCC(F)C(C(F)(F)F)=C1. The van der Waals surface area contributed by atoms with Crippen LogP contribution >= 0.6 is 0 Å². The maximum Gasteiger partial charge on any atom is 0.415 e. The van der Waals surface area contributed by atoms with Crippen LogP contribution in [0.15, 0.2) is 23.3 Å². The van der Waals surface area contributed by atoms with Gasteiger partial charge in [-0.3, -0.25) is 0 Å². The molecule has 4 heteroatoms. The number of hydrogen-bond donors (Lipinski definition) is 0. The fourth-order valence-electron chi connectivity index (χ4n) is 1.24. The van der Waals surface area contributed by atoms with Crippen molar-refractivity contribution in [2.75, 3.05) is 0 Å². The molecule has 0 saturated heterocycles. The molecule has 0 heterocycles. The molecule has 1 unspecified atom stereocenters. The maximum absolute atomic E-state index is 12.8. The summed E-state index contributed by atoms with van der Waals surface area (Å²) in [6.45, 7) is 1.74. The van der Waals surface area contributed by atoms with E-state index in [9.17, 15) is 17.6 Å². The molecule has 0 saturated carbocycles. The molecule has 1 atom stereocenters. The smallest absolute Gasteiger partial charge is 0.242 e. The molecule has 0 bridgehead atoms. The predicted octanol–water partition coefficient (Wildman–Crippen LogP) is 3.55. The Morgan fingerprint density at radius 2 is 2.08 bits per heavy atom. The predicted molar refractivity (Wildman–Crippen MR) is 42.0 cm³/mol. The first-order chi connectivity index (χ1) is 5.95. The first-order valence-corrected chi connectivity index (χ1v) is 4.07. The first kappa shape index (κ1) is 10.3. The number of allylic oxidation sites excluding steroid dienone is 4. The van der Waals surface area contributed by atoms with Crippen LogP contribution in [0.2, 0.25) is 0 Å². The lowest BCUT2D eigenvalue weighted by Crippen LogP contribution is -2.22. The van der Waals surface area contributed by atoms with Crippen molar-refractivity contribution in [3.05, 3.63) is 23.3 Å². The molecular formula is C9H10F4. The van der Waals surface area contributed by atoms with Gasteiger partial charge in [-0.05, 0) is 12.5 Å². The van der Waals surface area contributed by atoms with E-state index in [1.165, 1.54) is 6.08 Å². The molecule has 1 aliphatic rings. The normalized spacial score (nSPS) is 23.9. The van der Waals surface area contributed by atoms with Gasteiger partial charge in [0.1, 0.15) is 6.17 Å². The Balaban J connectivity index is 2.92. The van der Waals surface area contributed by atoms with Crippen molar-refractivity contribution in [1.29, 1.82) is 0 Å². The standard InChI is InChI=1S/C9H10F4/c1-2-6-3-4-8(10)7(5-6)9(11,12)13/h3,5,8H,2,4H2,1H3. The lowest BCUT2D eigenvalue weighted by molar-refractivity contribution is -0.100. The lowest BCUT2D eigenvalue weighted by atomic mass is 9.96. The molecule has 0 N–H and O–H groups in total. The van der Waals surface area contributed by atoms with Crippen LogP contribution in [0.4, 0.5) is 17.6 Å². The van der Waals surface area contributed by atoms with Crippen molar-refractivity contribution in [1.82, 2.24) is 0 Å². The van der Waals surface area contributed by atoms with Gasteiger partial charge in [-0.15, -0.1) is 0 Å². The zero-order chi connectivity index (χ0) is 10.1. The molecule has 0 aliphatic heterocycles. The van der Waals surface area contributed by atoms with E-state index in [4.69, 9.17) is 0 Å². The van der Waals surface area contributed by atoms with E-state index in [0.29, 0.717) is 12.0 Å². The number of rotatable bonds is 1. The van der Waals surface area contributed by atoms with Crippen LogP contribution in [0.3, 0.4) is 0 Å². The summed E-state index contributed by atoms with van der Waals surface area (Å²) < 4.78 is 49.3. The zero-order valence-electron chi connectivity index (χ0n) is 7.16. The summed E-state index contributed by atoms with van der Waals surface area (Å²) in [6, 6.07) is 0. The summed E-state index contributed by atoms with van der Waals surface area (Å²) in [4.78, 5) is 0. The average Bonchev–Trinajstić information content (AvgIpc) is 2.03. The molecule has 0 spiro atoms. The molecule has 74 valence electrons. The van der Waals surface area contributed by atoms with Crippen LogP contribution in [-0.2, 0) is 0 Å². The van der Waals surface area contributed by atoms with Gasteiger partial charge >= 0.3 is 6.18 Å². The van der Waals surface area contributed by atoms with Crippen molar-refractivity contribution in [3.63, 3.8) is 0 Å². The third-order valence-corrected chi connectivity index (χ3v) is 2.00. The Kier molecular flexibility index (Phi) is 2.78. The third kappa shape index (κ3) is 2.32. The molecule has 0 radical (unpaired) electrons. The van der Waals surface area contributed by atoms with Gasteiger partial charge in [0.25, 0.3) is 0 Å². The average molecular weight is 194 g/mol. The highest BCUT2D eigenvalue weighted by Crippen LogP contribution is 2.35. The minimum absolute atomic E-state index is 0.158. The van der Waals surface area contributed by atoms with E-state index in [0.717, 1.165) is 6.08 Å². The molecule has 0 aromatic carbocycles. The first-order valence-electron chi connectivity index (χ1n) is 4.07. The number of alkyl halides is 4. The van der Waals surface area contributed by atoms with Gasteiger partial charge in [0.05, 0.1) is 5.57 Å². The van der Waals surface area contributed by atoms with Crippen molar-refractivity contribution < 1.29 is 17.6 Å². The lowest BCUT2D eigenvalue weighted by Gasteiger charge is -2.19. The van der Waals surface area contributed by atoms with Crippen LogP contribution in [0.1, 0.15) is 19.8 Å². The largest absolute Gasteiger partial charge is 0.415 e. The van der Waals surface area contributed by atoms with Crippen LogP contribution in [0, 0.1) is 0 Å². The van der Waals surface area contributed by atoms with Crippen LogP contribution in [-0.4, -0.2) is 12.3 Å². The van der Waals surface area contributed by atoms with Crippen molar-refractivity contribution >= 4 is 0 Å². The van der Waals surface area contributed by atoms with Crippen LogP contribution in [0.25, 0.3) is 0 Å². The second-order valence-corrected chi connectivity index (χ2v) is 2.93. The van der Waals surface area contributed by atoms with Gasteiger partial charge in [0.15, 0.2) is 0 Å². The zero-order valence-corrected chi connectivity index (χ0v) is 7.16. The van der Waals surface area contributed by atoms with Gasteiger partial charge in [-0.2, -0.15) is 13.2 Å². The Morgan fingerprint density at radius 1 is 1.46 bits per heavy atom. The topological polar surface area (TPSA) is 0 Å². The Morgan fingerprint density at radius 3 is 2.54 bits per heavy atom. The van der Waals surface area contributed by atoms with Gasteiger partial charge in [0, 0.05) is 6.42 Å². The van der Waals surface area contributed by atoms with Crippen LogP contribution in [0.5, 0.6) is 0 Å². The highest BCUT2D eigenvalue weighted by molar-refractivity contribution is 5.33. The molecule has 1 rings (SSSR count). The van der Waals surface area contributed by atoms with Gasteiger partial charge in [0.2, 0.25) is 0 Å². The molecule has 0 amide bonds. The second-order valence-electron chi connectivity index (χ2n) is 2.93. The van der Waals surface area contributed by atoms with Gasteiger partial charge in [-0.25, -0.2) is 4.39 Å². The maximum atomic E-state index is 12.8. The fraction of sp³-hybridized carbons (Fsp3) is 0.556. The highest BCUT2D eigenvalue weighted by atomic mass is 19.4. The fourth-order valence-corrected chi connectivity index (χ4v) is 1.24. The molecule has 0 aromatic heterocycles. The molecule has 1 aliphatic carbocycles. The summed E-state index contributed by atoms with van der Waals surface area (Å²) in [5.41, 5.74) is -0.493. The molecule has 0 nitrogen and oxygen atoms in total. The monoisotopic (exact) mass is 194 g/mol. The van der Waals surface area contributed by atoms with Crippen molar-refractivity contribution in [2.45, 2.75) is 32.1 Å².